The van der Waals surface area contributed by atoms with E-state index in [1.165, 1.54) is 0 Å². The number of pyridine rings is 2. The predicted molar refractivity (Wildman–Crippen MR) is 168 cm³/mol. The number of carbonyl (C=O) groups is 1. The highest BCUT2D eigenvalue weighted by molar-refractivity contribution is 5.85. The molecule has 1 amide bonds. The molecule has 3 aromatic heterocycles. The topological polar surface area (TPSA) is 152 Å². The molecule has 11 nitrogen and oxygen atoms in total. The Morgan fingerprint density at radius 3 is 2.61 bits per heavy atom. The summed E-state index contributed by atoms with van der Waals surface area (Å²) in [5, 5.41) is 21.8. The average Bonchev–Trinajstić information content (AvgIpc) is 3.41. The summed E-state index contributed by atoms with van der Waals surface area (Å²) in [5.41, 5.74) is 12.3. The highest BCUT2D eigenvalue weighted by Crippen LogP contribution is 2.42. The van der Waals surface area contributed by atoms with Crippen molar-refractivity contribution in [3.8, 4) is 28.3 Å². The third-order valence-corrected chi connectivity index (χ3v) is 8.66. The molecule has 5 N–H and O–H groups in total. The summed E-state index contributed by atoms with van der Waals surface area (Å²) in [4.78, 5) is 28.1. The molecule has 1 aliphatic carbocycles. The number of ether oxygens (including phenoxy) is 1. The normalized spacial score (nSPS) is 17.8. The van der Waals surface area contributed by atoms with Gasteiger partial charge in [0.2, 0.25) is 0 Å². The van der Waals surface area contributed by atoms with Crippen LogP contribution in [0.15, 0.2) is 79.0 Å². The van der Waals surface area contributed by atoms with Crippen molar-refractivity contribution in [2.75, 3.05) is 36.9 Å². The number of nitrogens with one attached hydrogen (secondary N) is 1. The Balaban J connectivity index is 1.32. The summed E-state index contributed by atoms with van der Waals surface area (Å²) in [6.45, 7) is 1.91. The molecule has 11 heteroatoms. The van der Waals surface area contributed by atoms with Crippen LogP contribution in [0.1, 0.15) is 24.8 Å². The molecule has 7 rings (SSSR count). The van der Waals surface area contributed by atoms with E-state index < -0.39 is 11.6 Å². The maximum absolute atomic E-state index is 11.5. The van der Waals surface area contributed by atoms with Gasteiger partial charge in [-0.25, -0.2) is 19.7 Å². The van der Waals surface area contributed by atoms with E-state index in [9.17, 15) is 15.0 Å². The number of hydrogen-bond acceptors (Lipinski definition) is 8. The minimum absolute atomic E-state index is 0.0137. The molecule has 2 aliphatic rings. The van der Waals surface area contributed by atoms with Gasteiger partial charge < -0.3 is 30.9 Å². The van der Waals surface area contributed by atoms with E-state index in [-0.39, 0.29) is 12.7 Å². The quantitative estimate of drug-likeness (QED) is 0.213. The van der Waals surface area contributed by atoms with Gasteiger partial charge in [0.15, 0.2) is 11.5 Å². The number of nitrogens with zero attached hydrogens (tertiary/aromatic N) is 5. The SMILES string of the molecule is Nc1ncccc1-c1nc2ccc(-c3cccc(N4CCO[C@@H](CO)C4)c3)nc2n1-c1ccc(C2(NC(=O)O)CCC2)cc1. The monoisotopic (exact) mass is 591 g/mol. The first-order chi connectivity index (χ1) is 21.4. The number of nitrogens with two attached hydrogens (primary N) is 1. The second-order valence-corrected chi connectivity index (χ2v) is 11.3. The standard InChI is InChI=1S/C33H33N7O4/c34-29-26(6-2-15-35-29)30-37-28-12-11-27(21-4-1-5-24(18-21)39-16-17-44-25(19-39)20-41)36-31(28)40(30)23-9-7-22(8-10-23)33(13-3-14-33)38-32(42)43/h1-2,4-12,15,18,25,38,41H,3,13-14,16-17,19-20H2,(H2,34,35)(H,42,43)/t25-/m1/s1. The molecule has 5 aromatic rings. The number of anilines is 2. The number of aromatic nitrogens is 4. The number of imidazole rings is 1. The van der Waals surface area contributed by atoms with Gasteiger partial charge in [-0.2, -0.15) is 0 Å². The molecule has 1 saturated heterocycles. The highest BCUT2D eigenvalue weighted by atomic mass is 16.5. The smallest absolute Gasteiger partial charge is 0.405 e. The summed E-state index contributed by atoms with van der Waals surface area (Å²) in [5.74, 6) is 0.974. The van der Waals surface area contributed by atoms with E-state index in [1.807, 2.05) is 65.2 Å². The van der Waals surface area contributed by atoms with Crippen molar-refractivity contribution in [1.82, 2.24) is 24.8 Å². The molecule has 1 aliphatic heterocycles. The van der Waals surface area contributed by atoms with Crippen molar-refractivity contribution in [1.29, 1.82) is 0 Å². The van der Waals surface area contributed by atoms with Gasteiger partial charge in [-0.1, -0.05) is 24.3 Å². The zero-order valence-corrected chi connectivity index (χ0v) is 24.1. The van der Waals surface area contributed by atoms with Gasteiger partial charge >= 0.3 is 6.09 Å². The van der Waals surface area contributed by atoms with E-state index in [1.54, 1.807) is 6.20 Å². The molecule has 1 saturated carbocycles. The molecule has 4 heterocycles. The summed E-state index contributed by atoms with van der Waals surface area (Å²) in [7, 11) is 0. The van der Waals surface area contributed by atoms with Crippen LogP contribution in [0.4, 0.5) is 16.3 Å². The number of morpholine rings is 1. The molecule has 0 spiro atoms. The number of benzene rings is 2. The fraction of sp³-hybridized carbons (Fsp3) is 0.273. The van der Waals surface area contributed by atoms with Gasteiger partial charge in [-0.15, -0.1) is 0 Å². The second-order valence-electron chi connectivity index (χ2n) is 11.3. The van der Waals surface area contributed by atoms with Crippen LogP contribution in [0, 0.1) is 0 Å². The van der Waals surface area contributed by atoms with Crippen molar-refractivity contribution < 1.29 is 19.7 Å². The number of nitrogen functional groups attached to an aromatic ring is 1. The first-order valence-corrected chi connectivity index (χ1v) is 14.7. The van der Waals surface area contributed by atoms with Gasteiger partial charge in [0.1, 0.15) is 11.3 Å². The molecule has 1 atom stereocenters. The second kappa shape index (κ2) is 11.3. The van der Waals surface area contributed by atoms with E-state index >= 15 is 0 Å². The van der Waals surface area contributed by atoms with Crippen LogP contribution < -0.4 is 16.0 Å². The first-order valence-electron chi connectivity index (χ1n) is 14.7. The fourth-order valence-corrected chi connectivity index (χ4v) is 6.23. The van der Waals surface area contributed by atoms with Crippen molar-refractivity contribution in [2.24, 2.45) is 0 Å². The van der Waals surface area contributed by atoms with E-state index in [4.69, 9.17) is 20.4 Å². The molecule has 44 heavy (non-hydrogen) atoms. The van der Waals surface area contributed by atoms with Crippen LogP contribution in [0.2, 0.25) is 0 Å². The Kier molecular flexibility index (Phi) is 7.11. The fourth-order valence-electron chi connectivity index (χ4n) is 6.23. The lowest BCUT2D eigenvalue weighted by molar-refractivity contribution is 0.00357. The van der Waals surface area contributed by atoms with E-state index in [0.717, 1.165) is 54.0 Å². The number of aliphatic hydroxyl groups is 1. The lowest BCUT2D eigenvalue weighted by Gasteiger charge is -2.42. The number of carboxylic acid groups (broad SMARTS) is 1. The minimum atomic E-state index is -1.02. The third-order valence-electron chi connectivity index (χ3n) is 8.66. The van der Waals surface area contributed by atoms with Crippen LogP contribution in [0.25, 0.3) is 39.5 Å². The number of rotatable bonds is 7. The Bertz CT molecular complexity index is 1830. The summed E-state index contributed by atoms with van der Waals surface area (Å²) in [6, 6.07) is 23.8. The number of hydrogen-bond donors (Lipinski definition) is 4. The third kappa shape index (κ3) is 4.99. The number of fused-ring (bicyclic) bond motifs is 1. The number of aliphatic hydroxyl groups excluding tert-OH is 1. The van der Waals surface area contributed by atoms with Crippen molar-refractivity contribution in [2.45, 2.75) is 30.9 Å². The Hall–Kier alpha value is -5.00. The molecule has 2 fully saturated rings. The van der Waals surface area contributed by atoms with Crippen LogP contribution in [-0.4, -0.2) is 68.2 Å². The van der Waals surface area contributed by atoms with Crippen molar-refractivity contribution >= 4 is 28.8 Å². The first kappa shape index (κ1) is 27.8. The number of amides is 1. The van der Waals surface area contributed by atoms with E-state index in [2.05, 4.69) is 27.3 Å². The maximum Gasteiger partial charge on any atom is 0.405 e. The van der Waals surface area contributed by atoms with Gasteiger partial charge in [-0.3, -0.25) is 4.57 Å². The molecular formula is C33H33N7O4. The largest absolute Gasteiger partial charge is 0.465 e. The predicted octanol–water partition coefficient (Wildman–Crippen LogP) is 4.58. The van der Waals surface area contributed by atoms with Gasteiger partial charge in [0.05, 0.1) is 36.1 Å². The van der Waals surface area contributed by atoms with Crippen LogP contribution in [0.5, 0.6) is 0 Å². The highest BCUT2D eigenvalue weighted by Gasteiger charge is 2.40. The molecule has 0 radical (unpaired) electrons. The molecule has 0 bridgehead atoms. The molecule has 2 aromatic carbocycles. The summed E-state index contributed by atoms with van der Waals surface area (Å²) in [6.07, 6.45) is 2.92. The van der Waals surface area contributed by atoms with Crippen LogP contribution >= 0.6 is 0 Å². The minimum Gasteiger partial charge on any atom is -0.465 e. The summed E-state index contributed by atoms with van der Waals surface area (Å²) >= 11 is 0. The molecule has 224 valence electrons. The van der Waals surface area contributed by atoms with Crippen LogP contribution in [0.3, 0.4) is 0 Å². The van der Waals surface area contributed by atoms with E-state index in [0.29, 0.717) is 41.5 Å². The molecule has 0 unspecified atom stereocenters. The van der Waals surface area contributed by atoms with Crippen molar-refractivity contribution in [3.63, 3.8) is 0 Å². The zero-order valence-electron chi connectivity index (χ0n) is 24.1. The Labute approximate surface area is 254 Å². The maximum atomic E-state index is 11.5. The van der Waals surface area contributed by atoms with Crippen LogP contribution in [-0.2, 0) is 10.3 Å². The zero-order chi connectivity index (χ0) is 30.3. The Morgan fingerprint density at radius 2 is 1.89 bits per heavy atom. The average molecular weight is 592 g/mol. The van der Waals surface area contributed by atoms with Gasteiger partial charge in [0.25, 0.3) is 0 Å². The lowest BCUT2D eigenvalue weighted by Crippen LogP contribution is -2.50. The Morgan fingerprint density at radius 1 is 1.05 bits per heavy atom. The lowest BCUT2D eigenvalue weighted by atomic mass is 9.72. The van der Waals surface area contributed by atoms with Gasteiger partial charge in [-0.05, 0) is 73.4 Å². The molecular weight excluding hydrogens is 558 g/mol. The van der Waals surface area contributed by atoms with Gasteiger partial charge in [0, 0.05) is 36.2 Å². The van der Waals surface area contributed by atoms with Crippen molar-refractivity contribution in [3.05, 3.63) is 84.6 Å². The summed E-state index contributed by atoms with van der Waals surface area (Å²) < 4.78 is 7.62.